The summed E-state index contributed by atoms with van der Waals surface area (Å²) in [5.41, 5.74) is 0.967. The monoisotopic (exact) mass is 346 g/mol. The highest BCUT2D eigenvalue weighted by molar-refractivity contribution is 7.89. The van der Waals surface area contributed by atoms with Crippen molar-refractivity contribution in [3.05, 3.63) is 42.4 Å². The van der Waals surface area contributed by atoms with E-state index >= 15 is 0 Å². The quantitative estimate of drug-likeness (QED) is 0.823. The zero-order chi connectivity index (χ0) is 16.6. The summed E-state index contributed by atoms with van der Waals surface area (Å²) in [5.74, 6) is 1.57. The Morgan fingerprint density at radius 1 is 1.08 bits per heavy atom. The van der Waals surface area contributed by atoms with Crippen molar-refractivity contribution in [2.45, 2.75) is 11.3 Å². The highest BCUT2D eigenvalue weighted by atomic mass is 32.2. The Labute approximate surface area is 140 Å². The van der Waals surface area contributed by atoms with Crippen LogP contribution in [0, 0.1) is 0 Å². The van der Waals surface area contributed by atoms with Crippen LogP contribution in [-0.4, -0.2) is 55.5 Å². The number of fused-ring (bicyclic) bond motifs is 1. The Morgan fingerprint density at radius 2 is 1.92 bits per heavy atom. The number of sulfonamides is 1. The first-order valence-electron chi connectivity index (χ1n) is 7.91. The molecule has 0 aliphatic carbocycles. The molecule has 0 saturated carbocycles. The molecule has 0 spiro atoms. The third-order valence-corrected chi connectivity index (χ3v) is 6.31. The molecule has 0 N–H and O–H groups in total. The van der Waals surface area contributed by atoms with Gasteiger partial charge in [0.15, 0.2) is 0 Å². The van der Waals surface area contributed by atoms with Crippen molar-refractivity contribution in [3.8, 4) is 5.75 Å². The van der Waals surface area contributed by atoms with Crippen LogP contribution >= 0.6 is 0 Å². The molecule has 0 unspecified atom stereocenters. The number of hydrogen-bond donors (Lipinski definition) is 0. The summed E-state index contributed by atoms with van der Waals surface area (Å²) < 4.78 is 32.7. The SMILES string of the molecule is O=S(=O)(c1ccc2c(c1)CCO2)N1CCN(c2cnccn2)CC1. The van der Waals surface area contributed by atoms with Crippen molar-refractivity contribution < 1.29 is 13.2 Å². The molecule has 8 heteroatoms. The molecule has 3 heterocycles. The minimum absolute atomic E-state index is 0.347. The van der Waals surface area contributed by atoms with Crippen molar-refractivity contribution in [1.82, 2.24) is 14.3 Å². The van der Waals surface area contributed by atoms with Crippen LogP contribution in [0.4, 0.5) is 5.82 Å². The Balaban J connectivity index is 1.50. The van der Waals surface area contributed by atoms with Gasteiger partial charge in [0.05, 0.1) is 17.7 Å². The lowest BCUT2D eigenvalue weighted by molar-refractivity contribution is 0.356. The number of hydrogen-bond acceptors (Lipinski definition) is 6. The smallest absolute Gasteiger partial charge is 0.243 e. The molecular formula is C16H18N4O3S. The molecule has 2 aliphatic heterocycles. The van der Waals surface area contributed by atoms with Crippen LogP contribution in [0.5, 0.6) is 5.75 Å². The molecule has 1 saturated heterocycles. The van der Waals surface area contributed by atoms with Crippen molar-refractivity contribution in [3.63, 3.8) is 0 Å². The summed E-state index contributed by atoms with van der Waals surface area (Å²) in [6, 6.07) is 5.13. The van der Waals surface area contributed by atoms with Gasteiger partial charge < -0.3 is 9.64 Å². The van der Waals surface area contributed by atoms with Crippen LogP contribution in [0.25, 0.3) is 0 Å². The predicted molar refractivity (Wildman–Crippen MR) is 88.6 cm³/mol. The van der Waals surface area contributed by atoms with E-state index in [1.54, 1.807) is 36.8 Å². The van der Waals surface area contributed by atoms with Gasteiger partial charge in [-0.25, -0.2) is 13.4 Å². The number of aromatic nitrogens is 2. The number of nitrogens with zero attached hydrogens (tertiary/aromatic N) is 4. The van der Waals surface area contributed by atoms with E-state index in [1.807, 2.05) is 0 Å². The maximum Gasteiger partial charge on any atom is 0.243 e. The van der Waals surface area contributed by atoms with Crippen LogP contribution in [0.1, 0.15) is 5.56 Å². The van der Waals surface area contributed by atoms with Crippen LogP contribution in [-0.2, 0) is 16.4 Å². The molecule has 7 nitrogen and oxygen atoms in total. The molecule has 4 rings (SSSR count). The Kier molecular flexibility index (Phi) is 3.85. The zero-order valence-corrected chi connectivity index (χ0v) is 13.9. The van der Waals surface area contributed by atoms with Crippen LogP contribution in [0.2, 0.25) is 0 Å². The first-order chi connectivity index (χ1) is 11.6. The van der Waals surface area contributed by atoms with Crippen LogP contribution < -0.4 is 9.64 Å². The number of ether oxygens (including phenoxy) is 1. The minimum Gasteiger partial charge on any atom is -0.493 e. The highest BCUT2D eigenvalue weighted by Gasteiger charge is 2.30. The van der Waals surface area contributed by atoms with Gasteiger partial charge in [-0.3, -0.25) is 4.98 Å². The molecule has 2 aliphatic rings. The molecule has 0 amide bonds. The molecule has 2 aromatic rings. The Bertz CT molecular complexity index is 834. The van der Waals surface area contributed by atoms with Crippen LogP contribution in [0.15, 0.2) is 41.7 Å². The van der Waals surface area contributed by atoms with Gasteiger partial charge in [-0.1, -0.05) is 0 Å². The van der Waals surface area contributed by atoms with Crippen molar-refractivity contribution in [1.29, 1.82) is 0 Å². The summed E-state index contributed by atoms with van der Waals surface area (Å²) >= 11 is 0. The maximum atomic E-state index is 12.9. The lowest BCUT2D eigenvalue weighted by Crippen LogP contribution is -2.48. The van der Waals surface area contributed by atoms with Gasteiger partial charge in [0.25, 0.3) is 0 Å². The van der Waals surface area contributed by atoms with E-state index in [1.165, 1.54) is 4.31 Å². The number of anilines is 1. The second kappa shape index (κ2) is 6.03. The fourth-order valence-corrected chi connectivity index (χ4v) is 4.56. The summed E-state index contributed by atoms with van der Waals surface area (Å²) in [7, 11) is -3.47. The molecule has 1 aromatic heterocycles. The molecule has 24 heavy (non-hydrogen) atoms. The molecule has 0 bridgehead atoms. The second-order valence-electron chi connectivity index (χ2n) is 5.82. The first-order valence-corrected chi connectivity index (χ1v) is 9.35. The number of piperazine rings is 1. The second-order valence-corrected chi connectivity index (χ2v) is 7.76. The Morgan fingerprint density at radius 3 is 2.67 bits per heavy atom. The molecule has 0 atom stereocenters. The molecule has 0 radical (unpaired) electrons. The molecular weight excluding hydrogens is 328 g/mol. The molecule has 126 valence electrons. The van der Waals surface area contributed by atoms with E-state index in [2.05, 4.69) is 14.9 Å². The summed E-state index contributed by atoms with van der Waals surface area (Å²) in [6.07, 6.45) is 5.73. The van der Waals surface area contributed by atoms with Gasteiger partial charge in [0, 0.05) is 45.0 Å². The number of benzene rings is 1. The first kappa shape index (κ1) is 15.3. The largest absolute Gasteiger partial charge is 0.493 e. The normalized spacial score (nSPS) is 18.2. The summed E-state index contributed by atoms with van der Waals surface area (Å²) in [4.78, 5) is 10.7. The predicted octanol–water partition coefficient (Wildman–Crippen LogP) is 0.922. The topological polar surface area (TPSA) is 75.6 Å². The lowest BCUT2D eigenvalue weighted by Gasteiger charge is -2.34. The average Bonchev–Trinajstić information content (AvgIpc) is 3.10. The molecule has 1 aromatic carbocycles. The van der Waals surface area contributed by atoms with Crippen molar-refractivity contribution >= 4 is 15.8 Å². The van der Waals surface area contributed by atoms with Gasteiger partial charge in [0.2, 0.25) is 10.0 Å². The standard InChI is InChI=1S/C16H18N4O3S/c21-24(22,14-1-2-15-13(11-14)3-10-23-15)20-8-6-19(7-9-20)16-12-17-4-5-18-16/h1-2,4-5,11-12H,3,6-10H2. The number of rotatable bonds is 3. The van der Waals surface area contributed by atoms with Crippen molar-refractivity contribution in [2.75, 3.05) is 37.7 Å². The van der Waals surface area contributed by atoms with Gasteiger partial charge in [0.1, 0.15) is 11.6 Å². The lowest BCUT2D eigenvalue weighted by atomic mass is 10.2. The summed E-state index contributed by atoms with van der Waals surface area (Å²) in [6.45, 7) is 2.70. The Hall–Kier alpha value is -2.19. The molecule has 1 fully saturated rings. The third kappa shape index (κ3) is 2.71. The fraction of sp³-hybridized carbons (Fsp3) is 0.375. The van der Waals surface area contributed by atoms with E-state index in [0.717, 1.165) is 23.6 Å². The average molecular weight is 346 g/mol. The summed E-state index contributed by atoms with van der Waals surface area (Å²) in [5, 5.41) is 0. The van der Waals surface area contributed by atoms with E-state index in [4.69, 9.17) is 4.74 Å². The minimum atomic E-state index is -3.47. The zero-order valence-electron chi connectivity index (χ0n) is 13.1. The third-order valence-electron chi connectivity index (χ3n) is 4.41. The van der Waals surface area contributed by atoms with Gasteiger partial charge in [-0.2, -0.15) is 4.31 Å². The van der Waals surface area contributed by atoms with Crippen molar-refractivity contribution in [2.24, 2.45) is 0 Å². The van der Waals surface area contributed by atoms with Gasteiger partial charge in [-0.15, -0.1) is 0 Å². The van der Waals surface area contributed by atoms with E-state index < -0.39 is 10.0 Å². The van der Waals surface area contributed by atoms with Crippen LogP contribution in [0.3, 0.4) is 0 Å². The van der Waals surface area contributed by atoms with E-state index in [9.17, 15) is 8.42 Å². The fourth-order valence-electron chi connectivity index (χ4n) is 3.08. The van der Waals surface area contributed by atoms with Gasteiger partial charge >= 0.3 is 0 Å². The maximum absolute atomic E-state index is 12.9. The van der Waals surface area contributed by atoms with E-state index in [0.29, 0.717) is 37.7 Å². The highest BCUT2D eigenvalue weighted by Crippen LogP contribution is 2.29. The van der Waals surface area contributed by atoms with E-state index in [-0.39, 0.29) is 0 Å². The van der Waals surface area contributed by atoms with Gasteiger partial charge in [-0.05, 0) is 23.8 Å².